The third-order valence-corrected chi connectivity index (χ3v) is 3.75. The molecule has 0 spiro atoms. The molecule has 0 bridgehead atoms. The molecular formula is C18H15NOS. The second kappa shape index (κ2) is 6.02. The molecule has 0 aromatic heterocycles. The van der Waals surface area contributed by atoms with Gasteiger partial charge in [-0.1, -0.05) is 42.5 Å². The quantitative estimate of drug-likeness (QED) is 0.701. The van der Waals surface area contributed by atoms with E-state index in [-0.39, 0.29) is 5.91 Å². The number of hydrogen-bond acceptors (Lipinski definition) is 2. The summed E-state index contributed by atoms with van der Waals surface area (Å²) < 4.78 is 0. The molecule has 0 saturated carbocycles. The van der Waals surface area contributed by atoms with Crippen LogP contribution >= 0.6 is 12.6 Å². The van der Waals surface area contributed by atoms with Crippen molar-refractivity contribution >= 4 is 29.3 Å². The lowest BCUT2D eigenvalue weighted by Gasteiger charge is -2.08. The maximum atomic E-state index is 12.1. The van der Waals surface area contributed by atoms with Crippen molar-refractivity contribution in [2.24, 2.45) is 0 Å². The number of rotatable bonds is 3. The van der Waals surface area contributed by atoms with Crippen LogP contribution in [0.15, 0.2) is 71.6 Å². The summed E-state index contributed by atoms with van der Waals surface area (Å²) >= 11 is 4.22. The zero-order valence-electron chi connectivity index (χ0n) is 11.4. The van der Waals surface area contributed by atoms with Crippen molar-refractivity contribution in [1.82, 2.24) is 5.32 Å². The lowest BCUT2D eigenvalue weighted by atomic mass is 10.0. The number of hydrogen-bond donors (Lipinski definition) is 2. The van der Waals surface area contributed by atoms with Crippen LogP contribution in [0, 0.1) is 0 Å². The molecule has 1 N–H and O–H groups in total. The molecule has 0 unspecified atom stereocenters. The Bertz CT molecular complexity index is 775. The molecule has 3 heteroatoms. The highest BCUT2D eigenvalue weighted by Crippen LogP contribution is 2.18. The second-order valence-corrected chi connectivity index (χ2v) is 5.38. The van der Waals surface area contributed by atoms with E-state index in [1.54, 1.807) is 12.1 Å². The van der Waals surface area contributed by atoms with E-state index in [0.29, 0.717) is 12.1 Å². The molecule has 0 atom stereocenters. The molecule has 104 valence electrons. The van der Waals surface area contributed by atoms with Gasteiger partial charge in [0, 0.05) is 17.0 Å². The minimum Gasteiger partial charge on any atom is -0.348 e. The Hall–Kier alpha value is -2.26. The Morgan fingerprint density at radius 2 is 1.62 bits per heavy atom. The predicted molar refractivity (Wildman–Crippen MR) is 88.8 cm³/mol. The molecule has 0 saturated heterocycles. The Morgan fingerprint density at radius 3 is 2.43 bits per heavy atom. The van der Waals surface area contributed by atoms with Crippen LogP contribution in [0.4, 0.5) is 0 Å². The van der Waals surface area contributed by atoms with E-state index < -0.39 is 0 Å². The predicted octanol–water partition coefficient (Wildman–Crippen LogP) is 4.06. The zero-order chi connectivity index (χ0) is 14.7. The number of thiol groups is 1. The third-order valence-electron chi connectivity index (χ3n) is 3.45. The van der Waals surface area contributed by atoms with Gasteiger partial charge in [-0.05, 0) is 40.6 Å². The van der Waals surface area contributed by atoms with Gasteiger partial charge in [-0.3, -0.25) is 4.79 Å². The average molecular weight is 293 g/mol. The van der Waals surface area contributed by atoms with Crippen molar-refractivity contribution in [2.75, 3.05) is 0 Å². The van der Waals surface area contributed by atoms with Crippen LogP contribution in [0.5, 0.6) is 0 Å². The van der Waals surface area contributed by atoms with E-state index in [1.807, 2.05) is 36.4 Å². The molecule has 0 fully saturated rings. The molecule has 3 rings (SSSR count). The summed E-state index contributed by atoms with van der Waals surface area (Å²) in [4.78, 5) is 13.0. The second-order valence-electron chi connectivity index (χ2n) is 4.87. The first-order valence-corrected chi connectivity index (χ1v) is 7.22. The Balaban J connectivity index is 1.77. The Morgan fingerprint density at radius 1 is 0.905 bits per heavy atom. The van der Waals surface area contributed by atoms with Crippen LogP contribution in [0.2, 0.25) is 0 Å². The molecule has 21 heavy (non-hydrogen) atoms. The van der Waals surface area contributed by atoms with E-state index >= 15 is 0 Å². The molecule has 2 nitrogen and oxygen atoms in total. The maximum absolute atomic E-state index is 12.1. The summed E-state index contributed by atoms with van der Waals surface area (Å²) in [6, 6.07) is 21.5. The van der Waals surface area contributed by atoms with Crippen molar-refractivity contribution < 1.29 is 4.79 Å². The standard InChI is InChI=1S/C18H15NOS/c20-18(14-8-10-16(21)11-9-14)19-12-15-6-3-5-13-4-1-2-7-17(13)15/h1-11,21H,12H2,(H,19,20). The van der Waals surface area contributed by atoms with Crippen LogP contribution in [-0.4, -0.2) is 5.91 Å². The van der Waals surface area contributed by atoms with Crippen molar-refractivity contribution in [3.8, 4) is 0 Å². The van der Waals surface area contributed by atoms with Crippen LogP contribution in [0.1, 0.15) is 15.9 Å². The van der Waals surface area contributed by atoms with Crippen molar-refractivity contribution in [2.45, 2.75) is 11.4 Å². The molecule has 0 heterocycles. The van der Waals surface area contributed by atoms with Gasteiger partial charge >= 0.3 is 0 Å². The molecule has 3 aromatic carbocycles. The summed E-state index contributed by atoms with van der Waals surface area (Å²) in [6.07, 6.45) is 0. The molecule has 0 aliphatic rings. The van der Waals surface area contributed by atoms with E-state index in [2.05, 4.69) is 36.1 Å². The van der Waals surface area contributed by atoms with Gasteiger partial charge in [0.15, 0.2) is 0 Å². The Labute approximate surface area is 129 Å². The topological polar surface area (TPSA) is 29.1 Å². The van der Waals surface area contributed by atoms with Crippen molar-refractivity contribution in [3.05, 3.63) is 77.9 Å². The zero-order valence-corrected chi connectivity index (χ0v) is 12.3. The van der Waals surface area contributed by atoms with Gasteiger partial charge in [0.05, 0.1) is 0 Å². The van der Waals surface area contributed by atoms with Crippen LogP contribution in [0.25, 0.3) is 10.8 Å². The van der Waals surface area contributed by atoms with Gasteiger partial charge in [0.2, 0.25) is 0 Å². The van der Waals surface area contributed by atoms with E-state index in [1.165, 1.54) is 10.8 Å². The van der Waals surface area contributed by atoms with Gasteiger partial charge in [0.1, 0.15) is 0 Å². The van der Waals surface area contributed by atoms with Crippen LogP contribution in [-0.2, 0) is 6.54 Å². The fraction of sp³-hybridized carbons (Fsp3) is 0.0556. The summed E-state index contributed by atoms with van der Waals surface area (Å²) in [5, 5.41) is 5.32. The first-order valence-electron chi connectivity index (χ1n) is 6.78. The van der Waals surface area contributed by atoms with Crippen molar-refractivity contribution in [1.29, 1.82) is 0 Å². The molecule has 0 aliphatic heterocycles. The van der Waals surface area contributed by atoms with Crippen LogP contribution < -0.4 is 5.32 Å². The summed E-state index contributed by atoms with van der Waals surface area (Å²) in [7, 11) is 0. The Kier molecular flexibility index (Phi) is 3.93. The highest BCUT2D eigenvalue weighted by atomic mass is 32.1. The fourth-order valence-electron chi connectivity index (χ4n) is 2.34. The fourth-order valence-corrected chi connectivity index (χ4v) is 2.49. The van der Waals surface area contributed by atoms with Gasteiger partial charge in [-0.2, -0.15) is 0 Å². The SMILES string of the molecule is O=C(NCc1cccc2ccccc12)c1ccc(S)cc1. The van der Waals surface area contributed by atoms with Crippen LogP contribution in [0.3, 0.4) is 0 Å². The van der Waals surface area contributed by atoms with E-state index in [4.69, 9.17) is 0 Å². The normalized spacial score (nSPS) is 10.5. The molecule has 0 radical (unpaired) electrons. The van der Waals surface area contributed by atoms with Gasteiger partial charge in [-0.15, -0.1) is 12.6 Å². The molecule has 0 aliphatic carbocycles. The molecule has 3 aromatic rings. The number of nitrogens with one attached hydrogen (secondary N) is 1. The molecular weight excluding hydrogens is 278 g/mol. The number of benzene rings is 3. The van der Waals surface area contributed by atoms with E-state index in [9.17, 15) is 4.79 Å². The van der Waals surface area contributed by atoms with Crippen molar-refractivity contribution in [3.63, 3.8) is 0 Å². The maximum Gasteiger partial charge on any atom is 0.251 e. The van der Waals surface area contributed by atoms with Gasteiger partial charge in [0.25, 0.3) is 5.91 Å². The first kappa shape index (κ1) is 13.7. The third kappa shape index (κ3) is 3.09. The number of carbonyl (C=O) groups is 1. The number of carbonyl (C=O) groups excluding carboxylic acids is 1. The summed E-state index contributed by atoms with van der Waals surface area (Å²) in [6.45, 7) is 0.517. The van der Waals surface area contributed by atoms with Gasteiger partial charge in [-0.25, -0.2) is 0 Å². The lowest BCUT2D eigenvalue weighted by Crippen LogP contribution is -2.22. The summed E-state index contributed by atoms with van der Waals surface area (Å²) in [5.41, 5.74) is 1.76. The number of fused-ring (bicyclic) bond motifs is 1. The van der Waals surface area contributed by atoms with Gasteiger partial charge < -0.3 is 5.32 Å². The smallest absolute Gasteiger partial charge is 0.251 e. The molecule has 1 amide bonds. The largest absolute Gasteiger partial charge is 0.348 e. The monoisotopic (exact) mass is 293 g/mol. The average Bonchev–Trinajstić information content (AvgIpc) is 2.53. The summed E-state index contributed by atoms with van der Waals surface area (Å²) in [5.74, 6) is -0.0729. The minimum atomic E-state index is -0.0729. The highest BCUT2D eigenvalue weighted by molar-refractivity contribution is 7.80. The van der Waals surface area contributed by atoms with E-state index in [0.717, 1.165) is 10.5 Å². The number of amides is 1. The first-order chi connectivity index (χ1) is 10.2. The minimum absolute atomic E-state index is 0.0729. The lowest BCUT2D eigenvalue weighted by molar-refractivity contribution is 0.0951. The highest BCUT2D eigenvalue weighted by Gasteiger charge is 2.06.